The van der Waals surface area contributed by atoms with Gasteiger partial charge in [0, 0.05) is 19.6 Å². The van der Waals surface area contributed by atoms with Crippen molar-refractivity contribution in [3.8, 4) is 6.07 Å². The summed E-state index contributed by atoms with van der Waals surface area (Å²) >= 11 is 0. The molecule has 1 fully saturated rings. The van der Waals surface area contributed by atoms with Gasteiger partial charge in [0.05, 0.1) is 31.9 Å². The Bertz CT molecular complexity index is 1210. The van der Waals surface area contributed by atoms with Gasteiger partial charge in [-0.25, -0.2) is 4.98 Å². The third-order valence-electron chi connectivity index (χ3n) is 5.81. The van der Waals surface area contributed by atoms with E-state index in [1.54, 1.807) is 6.26 Å². The number of aromatic nitrogens is 1. The van der Waals surface area contributed by atoms with Crippen LogP contribution in [0.25, 0.3) is 10.8 Å². The van der Waals surface area contributed by atoms with E-state index in [1.165, 1.54) is 5.39 Å². The number of morpholine rings is 1. The Labute approximate surface area is 186 Å². The molecule has 4 aromatic rings. The van der Waals surface area contributed by atoms with Crippen LogP contribution in [0.5, 0.6) is 0 Å². The van der Waals surface area contributed by atoms with Gasteiger partial charge in [0.2, 0.25) is 17.5 Å². The summed E-state index contributed by atoms with van der Waals surface area (Å²) in [5.41, 5.74) is 1.38. The minimum absolute atomic E-state index is 0.00654. The molecular weight excluding hydrogens is 404 g/mol. The van der Waals surface area contributed by atoms with E-state index in [-0.39, 0.29) is 11.7 Å². The van der Waals surface area contributed by atoms with Gasteiger partial charge in [0.1, 0.15) is 11.8 Å². The van der Waals surface area contributed by atoms with E-state index in [2.05, 4.69) is 45.5 Å². The lowest BCUT2D eigenvalue weighted by atomic mass is 10.0. The number of nitriles is 1. The predicted molar refractivity (Wildman–Crippen MR) is 120 cm³/mol. The predicted octanol–water partition coefficient (Wildman–Crippen LogP) is 4.37. The van der Waals surface area contributed by atoms with Gasteiger partial charge >= 0.3 is 0 Å². The second-order valence-electron chi connectivity index (χ2n) is 7.77. The number of oxazole rings is 1. The molecule has 0 saturated carbocycles. The Kier molecular flexibility index (Phi) is 5.88. The zero-order valence-corrected chi connectivity index (χ0v) is 17.7. The topological polar surface area (TPSA) is 87.5 Å². The van der Waals surface area contributed by atoms with E-state index in [0.29, 0.717) is 38.0 Å². The number of nitrogens with one attached hydrogen (secondary N) is 1. The summed E-state index contributed by atoms with van der Waals surface area (Å²) in [6.45, 7) is 3.56. The number of furan rings is 1. The number of rotatable bonds is 7. The second-order valence-corrected chi connectivity index (χ2v) is 7.77. The SMILES string of the molecule is N#Cc1nc(Cc2cccc3ccccc23)oc1NCC(c1ccco1)N1CCOCC1. The van der Waals surface area contributed by atoms with Gasteiger partial charge in [0.25, 0.3) is 0 Å². The van der Waals surface area contributed by atoms with Crippen molar-refractivity contribution in [1.29, 1.82) is 5.26 Å². The number of nitrogens with zero attached hydrogens (tertiary/aromatic N) is 3. The average Bonchev–Trinajstić information content (AvgIpc) is 3.50. The first-order valence-electron chi connectivity index (χ1n) is 10.8. The summed E-state index contributed by atoms with van der Waals surface area (Å²) in [6, 6.07) is 20.4. The van der Waals surface area contributed by atoms with Gasteiger partial charge in [-0.2, -0.15) is 5.26 Å². The lowest BCUT2D eigenvalue weighted by Gasteiger charge is -2.33. The van der Waals surface area contributed by atoms with Crippen LogP contribution < -0.4 is 5.32 Å². The minimum atomic E-state index is 0.00654. The maximum absolute atomic E-state index is 9.61. The fourth-order valence-electron chi connectivity index (χ4n) is 4.21. The first-order chi connectivity index (χ1) is 15.8. The number of hydrogen-bond donors (Lipinski definition) is 1. The molecular formula is C25H24N4O3. The molecule has 0 radical (unpaired) electrons. The van der Waals surface area contributed by atoms with Crippen LogP contribution in [0.1, 0.15) is 29.0 Å². The molecule has 1 atom stereocenters. The highest BCUT2D eigenvalue weighted by atomic mass is 16.5. The standard InChI is InChI=1S/C25H24N4O3/c26-16-21-25(27-17-22(23-9-4-12-31-23)29-10-13-30-14-11-29)32-24(28-21)15-19-7-3-6-18-5-1-2-8-20(18)19/h1-9,12,22,27H,10-11,13-15,17H2. The molecule has 3 heterocycles. The van der Waals surface area contributed by atoms with Crippen molar-refractivity contribution in [3.05, 3.63) is 83.8 Å². The minimum Gasteiger partial charge on any atom is -0.468 e. The molecule has 7 heteroatoms. The number of hydrogen-bond acceptors (Lipinski definition) is 7. The zero-order valence-electron chi connectivity index (χ0n) is 17.7. The molecule has 5 rings (SSSR count). The van der Waals surface area contributed by atoms with Crippen molar-refractivity contribution in [2.24, 2.45) is 0 Å². The van der Waals surface area contributed by atoms with Crippen molar-refractivity contribution in [2.75, 3.05) is 38.2 Å². The van der Waals surface area contributed by atoms with E-state index in [9.17, 15) is 5.26 Å². The highest BCUT2D eigenvalue weighted by Gasteiger charge is 2.26. The fraction of sp³-hybridized carbons (Fsp3) is 0.280. The maximum Gasteiger partial charge on any atom is 0.232 e. The second kappa shape index (κ2) is 9.27. The molecule has 2 aromatic carbocycles. The largest absolute Gasteiger partial charge is 0.468 e. The first-order valence-corrected chi connectivity index (χ1v) is 10.8. The van der Waals surface area contributed by atoms with Gasteiger partial charge in [-0.05, 0) is 28.5 Å². The lowest BCUT2D eigenvalue weighted by molar-refractivity contribution is 0.0144. The summed E-state index contributed by atoms with van der Waals surface area (Å²) in [6.07, 6.45) is 2.20. The van der Waals surface area contributed by atoms with Gasteiger partial charge in [-0.1, -0.05) is 42.5 Å². The molecule has 32 heavy (non-hydrogen) atoms. The molecule has 1 saturated heterocycles. The molecule has 7 nitrogen and oxygen atoms in total. The van der Waals surface area contributed by atoms with Crippen molar-refractivity contribution in [1.82, 2.24) is 9.88 Å². The molecule has 1 unspecified atom stereocenters. The molecule has 0 aliphatic carbocycles. The third kappa shape index (κ3) is 4.24. The number of anilines is 1. The van der Waals surface area contributed by atoms with Crippen LogP contribution in [0.4, 0.5) is 5.88 Å². The highest BCUT2D eigenvalue weighted by Crippen LogP contribution is 2.26. The molecule has 0 spiro atoms. The van der Waals surface area contributed by atoms with E-state index >= 15 is 0 Å². The van der Waals surface area contributed by atoms with Gasteiger partial charge < -0.3 is 18.9 Å². The van der Waals surface area contributed by atoms with Crippen LogP contribution in [-0.2, 0) is 11.2 Å². The van der Waals surface area contributed by atoms with Crippen molar-refractivity contribution >= 4 is 16.7 Å². The summed E-state index contributed by atoms with van der Waals surface area (Å²) in [7, 11) is 0. The van der Waals surface area contributed by atoms with Crippen LogP contribution in [0.3, 0.4) is 0 Å². The Morgan fingerprint density at radius 3 is 2.72 bits per heavy atom. The molecule has 162 valence electrons. The first kappa shape index (κ1) is 20.3. The lowest BCUT2D eigenvalue weighted by Crippen LogP contribution is -2.41. The smallest absolute Gasteiger partial charge is 0.232 e. The molecule has 2 aromatic heterocycles. The zero-order chi connectivity index (χ0) is 21.8. The molecule has 1 N–H and O–H groups in total. The number of fused-ring (bicyclic) bond motifs is 1. The summed E-state index contributed by atoms with van der Waals surface area (Å²) in [5, 5.41) is 15.2. The van der Waals surface area contributed by atoms with Crippen LogP contribution in [0.2, 0.25) is 0 Å². The Morgan fingerprint density at radius 2 is 1.91 bits per heavy atom. The fourth-order valence-corrected chi connectivity index (χ4v) is 4.21. The maximum atomic E-state index is 9.61. The molecule has 0 amide bonds. The normalized spacial score (nSPS) is 15.5. The number of ether oxygens (including phenoxy) is 1. The van der Waals surface area contributed by atoms with Crippen molar-refractivity contribution < 1.29 is 13.6 Å². The van der Waals surface area contributed by atoms with Crippen molar-refractivity contribution in [2.45, 2.75) is 12.5 Å². The van der Waals surface area contributed by atoms with Gasteiger partial charge in [-0.15, -0.1) is 0 Å². The van der Waals surface area contributed by atoms with Gasteiger partial charge in [-0.3, -0.25) is 4.90 Å². The average molecular weight is 428 g/mol. The van der Waals surface area contributed by atoms with E-state index in [4.69, 9.17) is 13.6 Å². The Hall–Kier alpha value is -3.60. The number of benzene rings is 2. The van der Waals surface area contributed by atoms with E-state index < -0.39 is 0 Å². The quantitative estimate of drug-likeness (QED) is 0.468. The highest BCUT2D eigenvalue weighted by molar-refractivity contribution is 5.85. The van der Waals surface area contributed by atoms with E-state index in [1.807, 2.05) is 30.3 Å². The monoisotopic (exact) mass is 428 g/mol. The van der Waals surface area contributed by atoms with Crippen LogP contribution >= 0.6 is 0 Å². The van der Waals surface area contributed by atoms with Gasteiger partial charge in [0.15, 0.2) is 0 Å². The van der Waals surface area contributed by atoms with Crippen LogP contribution in [-0.4, -0.2) is 42.7 Å². The summed E-state index contributed by atoms with van der Waals surface area (Å²) in [5.74, 6) is 1.78. The van der Waals surface area contributed by atoms with Crippen molar-refractivity contribution in [3.63, 3.8) is 0 Å². The molecule has 1 aliphatic rings. The Morgan fingerprint density at radius 1 is 1.06 bits per heavy atom. The van der Waals surface area contributed by atoms with E-state index in [0.717, 1.165) is 29.8 Å². The Balaban J connectivity index is 1.35. The summed E-state index contributed by atoms with van der Waals surface area (Å²) < 4.78 is 17.2. The van der Waals surface area contributed by atoms with Crippen LogP contribution in [0.15, 0.2) is 69.7 Å². The molecule has 1 aliphatic heterocycles. The molecule has 0 bridgehead atoms. The third-order valence-corrected chi connectivity index (χ3v) is 5.81. The van der Waals surface area contributed by atoms with Crippen LogP contribution in [0, 0.1) is 11.3 Å². The summed E-state index contributed by atoms with van der Waals surface area (Å²) in [4.78, 5) is 6.75.